The lowest BCUT2D eigenvalue weighted by Gasteiger charge is -2.32. The Morgan fingerprint density at radius 3 is 2.20 bits per heavy atom. The molecule has 30 heavy (non-hydrogen) atoms. The zero-order valence-corrected chi connectivity index (χ0v) is 17.1. The van der Waals surface area contributed by atoms with Crippen LogP contribution >= 0.6 is 0 Å². The van der Waals surface area contributed by atoms with Crippen LogP contribution in [0.2, 0.25) is 0 Å². The Hall–Kier alpha value is -2.98. The van der Waals surface area contributed by atoms with Crippen LogP contribution in [0.3, 0.4) is 0 Å². The van der Waals surface area contributed by atoms with Crippen molar-refractivity contribution in [3.05, 3.63) is 101 Å². The van der Waals surface area contributed by atoms with Crippen LogP contribution in [-0.2, 0) is 13.0 Å². The number of hydrogen-bond acceptors (Lipinski definition) is 2. The first-order valence-corrected chi connectivity index (χ1v) is 10.6. The highest BCUT2D eigenvalue weighted by Crippen LogP contribution is 2.23. The Balaban J connectivity index is 1.25. The smallest absolute Gasteiger partial charge is 0.255 e. The van der Waals surface area contributed by atoms with Gasteiger partial charge in [0.1, 0.15) is 5.82 Å². The van der Waals surface area contributed by atoms with Gasteiger partial charge in [0.05, 0.1) is 0 Å². The number of amides is 1. The number of piperidine rings is 1. The summed E-state index contributed by atoms with van der Waals surface area (Å²) < 4.78 is 13.0. The Morgan fingerprint density at radius 2 is 1.53 bits per heavy atom. The molecule has 0 bridgehead atoms. The quantitative estimate of drug-likeness (QED) is 0.588. The van der Waals surface area contributed by atoms with Gasteiger partial charge in [-0.05, 0) is 85.8 Å². The summed E-state index contributed by atoms with van der Waals surface area (Å²) >= 11 is 0. The molecule has 0 unspecified atom stereocenters. The summed E-state index contributed by atoms with van der Waals surface area (Å²) in [5.74, 6) is 0.262. The number of likely N-dealkylation sites (tertiary alicyclic amines) is 1. The zero-order chi connectivity index (χ0) is 20.8. The highest BCUT2D eigenvalue weighted by Gasteiger charge is 2.19. The summed E-state index contributed by atoms with van der Waals surface area (Å²) in [6, 6.07) is 24.3. The van der Waals surface area contributed by atoms with Crippen molar-refractivity contribution in [3.63, 3.8) is 0 Å². The molecule has 3 aromatic rings. The SMILES string of the molecule is O=C(Nc1ccc(F)cc1)c1ccc(CN2CCC(Cc3ccccc3)CC2)cc1. The predicted octanol–water partition coefficient (Wildman–Crippen LogP) is 5.53. The topological polar surface area (TPSA) is 32.3 Å². The molecule has 1 N–H and O–H groups in total. The van der Waals surface area contributed by atoms with E-state index in [-0.39, 0.29) is 11.7 Å². The first-order valence-electron chi connectivity index (χ1n) is 10.6. The van der Waals surface area contributed by atoms with Crippen LogP contribution in [0.15, 0.2) is 78.9 Å². The van der Waals surface area contributed by atoms with E-state index < -0.39 is 0 Å². The lowest BCUT2D eigenvalue weighted by molar-refractivity contribution is 0.102. The molecule has 4 heteroatoms. The average molecular weight is 403 g/mol. The van der Waals surface area contributed by atoms with Crippen molar-refractivity contribution in [1.82, 2.24) is 4.90 Å². The second-order valence-corrected chi connectivity index (χ2v) is 8.07. The van der Waals surface area contributed by atoms with E-state index in [0.717, 1.165) is 25.6 Å². The number of anilines is 1. The number of hydrogen-bond donors (Lipinski definition) is 1. The number of nitrogens with zero attached hydrogens (tertiary/aromatic N) is 1. The van der Waals surface area contributed by atoms with E-state index in [1.54, 1.807) is 12.1 Å². The van der Waals surface area contributed by atoms with Crippen molar-refractivity contribution in [2.45, 2.75) is 25.8 Å². The predicted molar refractivity (Wildman–Crippen MR) is 119 cm³/mol. The molecular formula is C26H27FN2O. The molecule has 1 fully saturated rings. The lowest BCUT2D eigenvalue weighted by atomic mass is 9.90. The van der Waals surface area contributed by atoms with Crippen LogP contribution < -0.4 is 5.32 Å². The molecule has 0 aliphatic carbocycles. The lowest BCUT2D eigenvalue weighted by Crippen LogP contribution is -2.33. The minimum absolute atomic E-state index is 0.185. The minimum atomic E-state index is -0.318. The van der Waals surface area contributed by atoms with E-state index in [2.05, 4.69) is 40.5 Å². The Labute approximate surface area is 177 Å². The van der Waals surface area contributed by atoms with E-state index in [0.29, 0.717) is 11.3 Å². The van der Waals surface area contributed by atoms with Crippen LogP contribution in [0.5, 0.6) is 0 Å². The van der Waals surface area contributed by atoms with Crippen LogP contribution in [-0.4, -0.2) is 23.9 Å². The van der Waals surface area contributed by atoms with E-state index in [1.165, 1.54) is 42.5 Å². The van der Waals surface area contributed by atoms with Crippen LogP contribution in [0, 0.1) is 11.7 Å². The van der Waals surface area contributed by atoms with Gasteiger partial charge in [-0.15, -0.1) is 0 Å². The molecule has 3 aromatic carbocycles. The van der Waals surface area contributed by atoms with E-state index in [1.807, 2.05) is 24.3 Å². The Morgan fingerprint density at radius 1 is 0.867 bits per heavy atom. The van der Waals surface area contributed by atoms with E-state index >= 15 is 0 Å². The van der Waals surface area contributed by atoms with Crippen molar-refractivity contribution >= 4 is 11.6 Å². The molecule has 0 spiro atoms. The van der Waals surface area contributed by atoms with Crippen LogP contribution in [0.4, 0.5) is 10.1 Å². The van der Waals surface area contributed by atoms with Crippen LogP contribution in [0.25, 0.3) is 0 Å². The fraction of sp³-hybridized carbons (Fsp3) is 0.269. The number of benzene rings is 3. The molecule has 1 saturated heterocycles. The molecule has 0 radical (unpaired) electrons. The zero-order valence-electron chi connectivity index (χ0n) is 17.1. The molecule has 3 nitrogen and oxygen atoms in total. The number of halogens is 1. The van der Waals surface area contributed by atoms with Gasteiger partial charge in [-0.25, -0.2) is 4.39 Å². The molecule has 1 heterocycles. The highest BCUT2D eigenvalue weighted by molar-refractivity contribution is 6.04. The van der Waals surface area contributed by atoms with Crippen molar-refractivity contribution in [2.75, 3.05) is 18.4 Å². The summed E-state index contributed by atoms with van der Waals surface area (Å²) in [6.07, 6.45) is 3.63. The van der Waals surface area contributed by atoms with Gasteiger partial charge in [-0.3, -0.25) is 9.69 Å². The monoisotopic (exact) mass is 402 g/mol. The summed E-state index contributed by atoms with van der Waals surface area (Å²) in [7, 11) is 0. The molecular weight excluding hydrogens is 375 g/mol. The van der Waals surface area contributed by atoms with Gasteiger partial charge in [0.25, 0.3) is 5.91 Å². The summed E-state index contributed by atoms with van der Waals surface area (Å²) in [5, 5.41) is 2.80. The number of carbonyl (C=O) groups is 1. The second kappa shape index (κ2) is 9.68. The standard InChI is InChI=1S/C26H27FN2O/c27-24-10-12-25(13-11-24)28-26(30)23-8-6-22(7-9-23)19-29-16-14-21(15-17-29)18-20-4-2-1-3-5-20/h1-13,21H,14-19H2,(H,28,30). The molecule has 0 saturated carbocycles. The first kappa shape index (κ1) is 20.3. The fourth-order valence-electron chi connectivity index (χ4n) is 4.05. The summed E-state index contributed by atoms with van der Waals surface area (Å²) in [5.41, 5.74) is 3.84. The maximum atomic E-state index is 13.0. The third-order valence-corrected chi connectivity index (χ3v) is 5.80. The molecule has 4 rings (SSSR count). The molecule has 0 aromatic heterocycles. The van der Waals surface area contributed by atoms with Crippen LogP contribution in [0.1, 0.15) is 34.3 Å². The van der Waals surface area contributed by atoms with E-state index in [4.69, 9.17) is 0 Å². The van der Waals surface area contributed by atoms with Crippen molar-refractivity contribution < 1.29 is 9.18 Å². The fourth-order valence-corrected chi connectivity index (χ4v) is 4.05. The molecule has 154 valence electrons. The number of carbonyl (C=O) groups excluding carboxylic acids is 1. The highest BCUT2D eigenvalue weighted by atomic mass is 19.1. The van der Waals surface area contributed by atoms with Crippen molar-refractivity contribution in [1.29, 1.82) is 0 Å². The first-order chi connectivity index (χ1) is 14.7. The van der Waals surface area contributed by atoms with Gasteiger partial charge in [0.2, 0.25) is 0 Å². The second-order valence-electron chi connectivity index (χ2n) is 8.07. The van der Waals surface area contributed by atoms with Crippen molar-refractivity contribution in [3.8, 4) is 0 Å². The third kappa shape index (κ3) is 5.55. The molecule has 1 aliphatic rings. The molecule has 1 amide bonds. The van der Waals surface area contributed by atoms with Gasteiger partial charge in [-0.2, -0.15) is 0 Å². The number of nitrogens with one attached hydrogen (secondary N) is 1. The van der Waals surface area contributed by atoms with Gasteiger partial charge >= 0.3 is 0 Å². The van der Waals surface area contributed by atoms with Gasteiger partial charge in [0.15, 0.2) is 0 Å². The van der Waals surface area contributed by atoms with Gasteiger partial charge in [0, 0.05) is 17.8 Å². The Kier molecular flexibility index (Phi) is 6.55. The third-order valence-electron chi connectivity index (χ3n) is 5.80. The average Bonchev–Trinajstić information content (AvgIpc) is 2.78. The number of rotatable bonds is 6. The Bertz CT molecular complexity index is 947. The van der Waals surface area contributed by atoms with Crippen molar-refractivity contribution in [2.24, 2.45) is 5.92 Å². The summed E-state index contributed by atoms with van der Waals surface area (Å²) in [4.78, 5) is 14.9. The maximum Gasteiger partial charge on any atom is 0.255 e. The molecule has 1 aliphatic heterocycles. The minimum Gasteiger partial charge on any atom is -0.322 e. The van der Waals surface area contributed by atoms with Gasteiger partial charge in [-0.1, -0.05) is 42.5 Å². The summed E-state index contributed by atoms with van der Waals surface area (Å²) in [6.45, 7) is 3.15. The molecule has 0 atom stereocenters. The maximum absolute atomic E-state index is 13.0. The van der Waals surface area contributed by atoms with Gasteiger partial charge < -0.3 is 5.32 Å². The van der Waals surface area contributed by atoms with E-state index in [9.17, 15) is 9.18 Å². The normalized spacial score (nSPS) is 15.1. The largest absolute Gasteiger partial charge is 0.322 e.